The molecule has 0 saturated carbocycles. The van der Waals surface area contributed by atoms with E-state index in [0.717, 1.165) is 0 Å². The number of aromatic amines is 1. The molecule has 1 aromatic carbocycles. The quantitative estimate of drug-likeness (QED) is 0.728. The van der Waals surface area contributed by atoms with Gasteiger partial charge in [-0.3, -0.25) is 4.79 Å². The third kappa shape index (κ3) is 1.99. The number of hydrogen-bond acceptors (Lipinski definition) is 3. The van der Waals surface area contributed by atoms with Crippen molar-refractivity contribution in [3.8, 4) is 5.75 Å². The Morgan fingerprint density at radius 1 is 1.40 bits per heavy atom. The topological polar surface area (TPSA) is 53.1 Å². The van der Waals surface area contributed by atoms with Crippen molar-refractivity contribution in [2.75, 3.05) is 0 Å². The molecule has 76 valence electrons. The predicted molar refractivity (Wildman–Crippen MR) is 61.4 cm³/mol. The SMILES string of the molecule is C=c1[nH]c(=O)/c(=C/c2ccccc2O)s1. The van der Waals surface area contributed by atoms with Gasteiger partial charge in [0.1, 0.15) is 5.75 Å². The molecule has 15 heavy (non-hydrogen) atoms. The number of thiazole rings is 1. The predicted octanol–water partition coefficient (Wildman–Crippen LogP) is 0.381. The lowest BCUT2D eigenvalue weighted by Gasteiger charge is -1.94. The van der Waals surface area contributed by atoms with Crippen LogP contribution in [0, 0.1) is 0 Å². The molecule has 0 aliphatic heterocycles. The molecule has 0 spiro atoms. The van der Waals surface area contributed by atoms with E-state index in [4.69, 9.17) is 0 Å². The van der Waals surface area contributed by atoms with Crippen molar-refractivity contribution < 1.29 is 5.11 Å². The first-order chi connectivity index (χ1) is 7.16. The van der Waals surface area contributed by atoms with Gasteiger partial charge in [-0.05, 0) is 12.1 Å². The molecule has 0 amide bonds. The van der Waals surface area contributed by atoms with Gasteiger partial charge in [0.05, 0.1) is 9.20 Å². The highest BCUT2D eigenvalue weighted by molar-refractivity contribution is 7.07. The summed E-state index contributed by atoms with van der Waals surface area (Å²) in [6, 6.07) is 6.87. The maximum Gasteiger partial charge on any atom is 0.266 e. The largest absolute Gasteiger partial charge is 0.507 e. The molecule has 1 heterocycles. The van der Waals surface area contributed by atoms with Gasteiger partial charge < -0.3 is 10.1 Å². The zero-order chi connectivity index (χ0) is 10.8. The van der Waals surface area contributed by atoms with E-state index in [0.29, 0.717) is 14.8 Å². The van der Waals surface area contributed by atoms with E-state index in [1.165, 1.54) is 11.3 Å². The van der Waals surface area contributed by atoms with Crippen molar-refractivity contribution in [2.24, 2.45) is 0 Å². The van der Waals surface area contributed by atoms with E-state index < -0.39 is 0 Å². The Morgan fingerprint density at radius 3 is 2.73 bits per heavy atom. The maximum absolute atomic E-state index is 11.4. The van der Waals surface area contributed by atoms with Crippen LogP contribution in [0.5, 0.6) is 5.75 Å². The summed E-state index contributed by atoms with van der Waals surface area (Å²) in [5.74, 6) is 0.163. The van der Waals surface area contributed by atoms with E-state index in [9.17, 15) is 9.90 Å². The molecule has 2 N–H and O–H groups in total. The lowest BCUT2D eigenvalue weighted by atomic mass is 10.2. The van der Waals surface area contributed by atoms with Crippen LogP contribution in [-0.2, 0) is 0 Å². The standard InChI is InChI=1S/C11H9NO2S/c1-7-12-11(14)10(15-7)6-8-4-2-3-5-9(8)13/h2-6,13H,1H2,(H,12,14)/b10-6-. The second-order valence-corrected chi connectivity index (χ2v) is 4.18. The smallest absolute Gasteiger partial charge is 0.266 e. The number of nitrogens with one attached hydrogen (secondary N) is 1. The van der Waals surface area contributed by atoms with Crippen molar-refractivity contribution in [3.63, 3.8) is 0 Å². The Morgan fingerprint density at radius 2 is 2.13 bits per heavy atom. The van der Waals surface area contributed by atoms with Crippen LogP contribution in [0.2, 0.25) is 0 Å². The number of para-hydroxylation sites is 1. The fourth-order valence-electron chi connectivity index (χ4n) is 1.24. The normalized spacial score (nSPS) is 11.9. The third-order valence-corrected chi connectivity index (χ3v) is 2.80. The Kier molecular flexibility index (Phi) is 2.43. The second-order valence-electron chi connectivity index (χ2n) is 3.05. The van der Waals surface area contributed by atoms with Crippen molar-refractivity contribution in [3.05, 3.63) is 49.4 Å². The number of H-pyrrole nitrogens is 1. The molecule has 2 rings (SSSR count). The Hall–Kier alpha value is -1.81. The van der Waals surface area contributed by atoms with E-state index in [1.807, 2.05) is 0 Å². The summed E-state index contributed by atoms with van der Waals surface area (Å²) in [4.78, 5) is 13.9. The summed E-state index contributed by atoms with van der Waals surface area (Å²) in [7, 11) is 0. The van der Waals surface area contributed by atoms with Gasteiger partial charge >= 0.3 is 0 Å². The van der Waals surface area contributed by atoms with Gasteiger partial charge in [-0.25, -0.2) is 0 Å². The molecule has 0 unspecified atom stereocenters. The molecule has 0 atom stereocenters. The summed E-state index contributed by atoms with van der Waals surface area (Å²) >= 11 is 1.27. The molecular formula is C11H9NO2S. The second kappa shape index (κ2) is 3.74. The van der Waals surface area contributed by atoms with Gasteiger partial charge in [0.25, 0.3) is 5.56 Å². The van der Waals surface area contributed by atoms with Crippen LogP contribution >= 0.6 is 11.3 Å². The van der Waals surface area contributed by atoms with Gasteiger partial charge in [-0.2, -0.15) is 0 Å². The molecule has 3 nitrogen and oxygen atoms in total. The Bertz CT molecular complexity index is 639. The lowest BCUT2D eigenvalue weighted by molar-refractivity contribution is 0.474. The molecule has 0 fully saturated rings. The first kappa shape index (κ1) is 9.73. The van der Waals surface area contributed by atoms with Crippen molar-refractivity contribution in [1.82, 2.24) is 4.98 Å². The van der Waals surface area contributed by atoms with E-state index in [2.05, 4.69) is 11.6 Å². The zero-order valence-corrected chi connectivity index (χ0v) is 8.67. The van der Waals surface area contributed by atoms with Crippen LogP contribution in [-0.4, -0.2) is 10.1 Å². The molecule has 0 bridgehead atoms. The highest BCUT2D eigenvalue weighted by atomic mass is 32.1. The minimum absolute atomic E-state index is 0.163. The number of phenolic OH excluding ortho intramolecular Hbond substituents is 1. The van der Waals surface area contributed by atoms with E-state index in [-0.39, 0.29) is 11.3 Å². The van der Waals surface area contributed by atoms with Crippen molar-refractivity contribution in [1.29, 1.82) is 0 Å². The molecule has 0 aliphatic rings. The number of rotatable bonds is 1. The monoisotopic (exact) mass is 219 g/mol. The van der Waals surface area contributed by atoms with Crippen LogP contribution in [0.3, 0.4) is 0 Å². The number of phenols is 1. The first-order valence-electron chi connectivity index (χ1n) is 4.34. The van der Waals surface area contributed by atoms with Crippen molar-refractivity contribution in [2.45, 2.75) is 0 Å². The van der Waals surface area contributed by atoms with Gasteiger partial charge in [0.15, 0.2) is 0 Å². The van der Waals surface area contributed by atoms with Gasteiger partial charge in [-0.1, -0.05) is 24.8 Å². The number of hydrogen-bond donors (Lipinski definition) is 2. The zero-order valence-electron chi connectivity index (χ0n) is 7.86. The fourth-order valence-corrected chi connectivity index (χ4v) is 1.98. The van der Waals surface area contributed by atoms with Crippen LogP contribution in [0.1, 0.15) is 5.56 Å². The van der Waals surface area contributed by atoms with Crippen LogP contribution in [0.4, 0.5) is 0 Å². The Labute approximate surface area is 89.7 Å². The molecule has 0 saturated heterocycles. The third-order valence-electron chi connectivity index (χ3n) is 1.93. The van der Waals surface area contributed by atoms with Gasteiger partial charge in [-0.15, -0.1) is 11.3 Å². The molecule has 0 aliphatic carbocycles. The maximum atomic E-state index is 11.4. The number of benzene rings is 1. The summed E-state index contributed by atoms with van der Waals surface area (Å²) in [5.41, 5.74) is 0.457. The summed E-state index contributed by atoms with van der Waals surface area (Å²) in [5, 5.41) is 9.52. The summed E-state index contributed by atoms with van der Waals surface area (Å²) in [6.45, 7) is 3.65. The summed E-state index contributed by atoms with van der Waals surface area (Å²) in [6.07, 6.45) is 1.65. The van der Waals surface area contributed by atoms with Gasteiger partial charge in [0.2, 0.25) is 0 Å². The van der Waals surface area contributed by atoms with Crippen molar-refractivity contribution >= 4 is 24.0 Å². The van der Waals surface area contributed by atoms with Crippen LogP contribution in [0.25, 0.3) is 12.7 Å². The van der Waals surface area contributed by atoms with E-state index >= 15 is 0 Å². The number of aromatic nitrogens is 1. The highest BCUT2D eigenvalue weighted by Crippen LogP contribution is 2.15. The summed E-state index contributed by atoms with van der Waals surface area (Å²) < 4.78 is 1.16. The molecule has 1 aromatic heterocycles. The highest BCUT2D eigenvalue weighted by Gasteiger charge is 1.97. The molecule has 2 aromatic rings. The average Bonchev–Trinajstić information content (AvgIpc) is 2.49. The van der Waals surface area contributed by atoms with E-state index in [1.54, 1.807) is 30.3 Å². The first-order valence-corrected chi connectivity index (χ1v) is 5.16. The molecular weight excluding hydrogens is 210 g/mol. The fraction of sp³-hybridized carbons (Fsp3) is 0. The van der Waals surface area contributed by atoms with Gasteiger partial charge in [0, 0.05) is 5.56 Å². The molecule has 0 radical (unpaired) electrons. The van der Waals surface area contributed by atoms with Crippen LogP contribution < -0.4 is 14.8 Å². The van der Waals surface area contributed by atoms with Crippen LogP contribution in [0.15, 0.2) is 29.1 Å². The average molecular weight is 219 g/mol. The minimum Gasteiger partial charge on any atom is -0.507 e. The molecule has 4 heteroatoms. The lowest BCUT2D eigenvalue weighted by Crippen LogP contribution is -2.19. The minimum atomic E-state index is -0.173. The Balaban J connectivity index is 2.66. The number of aromatic hydroxyl groups is 1.